The molecule has 0 rings (SSSR count). The molecular formula is C21H24O3. The highest BCUT2D eigenvalue weighted by Crippen LogP contribution is 1.94. The third kappa shape index (κ3) is 15.4. The molecule has 0 fully saturated rings. The van der Waals surface area contributed by atoms with Crippen LogP contribution >= 0.6 is 0 Å². The fraction of sp³-hybridized carbons (Fsp3) is 0.143. The van der Waals surface area contributed by atoms with Gasteiger partial charge in [-0.05, 0) is 25.8 Å². The first kappa shape index (κ1) is 21.1. The van der Waals surface area contributed by atoms with Gasteiger partial charge < -0.3 is 5.11 Å². The van der Waals surface area contributed by atoms with E-state index in [9.17, 15) is 9.59 Å². The maximum atomic E-state index is 11.0. The van der Waals surface area contributed by atoms with Crippen LogP contribution in [0, 0.1) is 0 Å². The topological polar surface area (TPSA) is 54.4 Å². The minimum absolute atomic E-state index is 0.0771. The minimum Gasteiger partial charge on any atom is -0.478 e. The van der Waals surface area contributed by atoms with Crippen molar-refractivity contribution in [3.05, 3.63) is 96.7 Å². The maximum Gasteiger partial charge on any atom is 0.327 e. The highest BCUT2D eigenvalue weighted by molar-refractivity contribution is 5.92. The zero-order chi connectivity index (χ0) is 18.0. The molecule has 3 nitrogen and oxygen atoms in total. The van der Waals surface area contributed by atoms with Crippen molar-refractivity contribution in [3.8, 4) is 0 Å². The summed E-state index contributed by atoms with van der Waals surface area (Å²) in [6, 6.07) is 0. The summed E-state index contributed by atoms with van der Waals surface area (Å²) in [5.74, 6) is -0.853. The number of hydrogen-bond donors (Lipinski definition) is 1. The summed E-state index contributed by atoms with van der Waals surface area (Å²) in [4.78, 5) is 21.2. The van der Waals surface area contributed by atoms with Crippen molar-refractivity contribution in [1.29, 1.82) is 0 Å². The summed E-state index contributed by atoms with van der Waals surface area (Å²) in [7, 11) is 0. The highest BCUT2D eigenvalue weighted by atomic mass is 16.4. The van der Waals surface area contributed by atoms with Crippen LogP contribution in [0.2, 0.25) is 0 Å². The molecule has 0 aliphatic carbocycles. The lowest BCUT2D eigenvalue weighted by Crippen LogP contribution is -1.89. The molecule has 0 spiro atoms. The molecule has 0 amide bonds. The molecule has 0 aliphatic heterocycles. The van der Waals surface area contributed by atoms with Crippen molar-refractivity contribution < 1.29 is 14.7 Å². The number of Topliss-reactive ketones (excluding diaryl/α,β-unsaturated/α-hetero) is 1. The third-order valence-corrected chi connectivity index (χ3v) is 2.68. The van der Waals surface area contributed by atoms with Gasteiger partial charge in [-0.3, -0.25) is 4.79 Å². The average molecular weight is 324 g/mol. The summed E-state index contributed by atoms with van der Waals surface area (Å²) in [6.45, 7) is 3.34. The van der Waals surface area contributed by atoms with Crippen molar-refractivity contribution in [1.82, 2.24) is 0 Å². The first-order valence-corrected chi connectivity index (χ1v) is 7.61. The molecule has 0 unspecified atom stereocenters. The van der Waals surface area contributed by atoms with Crippen LogP contribution in [0.1, 0.15) is 20.3 Å². The first-order chi connectivity index (χ1) is 11.5. The Labute approximate surface area is 144 Å². The Hall–Kier alpha value is -2.94. The molecule has 0 bridgehead atoms. The molecule has 0 aromatic heterocycles. The summed E-state index contributed by atoms with van der Waals surface area (Å²) in [6.07, 6.45) is 27.7. The number of aliphatic carboxylic acids is 1. The molecule has 0 aliphatic rings. The fourth-order valence-electron chi connectivity index (χ4n) is 1.30. The molecule has 3 heteroatoms. The van der Waals surface area contributed by atoms with E-state index in [4.69, 9.17) is 5.11 Å². The SMILES string of the molecule is CC(=O)C(C)=CC=CC=CC=CC=CC=CC=CCC=CC(=O)O. The van der Waals surface area contributed by atoms with Gasteiger partial charge in [-0.25, -0.2) is 4.79 Å². The van der Waals surface area contributed by atoms with E-state index < -0.39 is 5.97 Å². The van der Waals surface area contributed by atoms with Gasteiger partial charge >= 0.3 is 5.97 Å². The van der Waals surface area contributed by atoms with Crippen LogP contribution in [0.4, 0.5) is 0 Å². The van der Waals surface area contributed by atoms with E-state index in [1.165, 1.54) is 0 Å². The highest BCUT2D eigenvalue weighted by Gasteiger charge is 1.90. The number of carboxylic acids is 1. The van der Waals surface area contributed by atoms with Gasteiger partial charge in [0.2, 0.25) is 0 Å². The maximum absolute atomic E-state index is 11.0. The van der Waals surface area contributed by atoms with Crippen LogP contribution in [-0.4, -0.2) is 16.9 Å². The standard InChI is InChI=1S/C21H24O3/c1-19(20(2)22)17-15-13-11-9-7-5-3-4-6-8-10-12-14-16-18-21(23)24/h3-13,15-18H,14H2,1-2H3,(H,23,24). The van der Waals surface area contributed by atoms with Gasteiger partial charge in [0.15, 0.2) is 5.78 Å². The van der Waals surface area contributed by atoms with E-state index in [1.807, 2.05) is 72.9 Å². The van der Waals surface area contributed by atoms with Crippen molar-refractivity contribution in [2.45, 2.75) is 20.3 Å². The second-order valence-corrected chi connectivity index (χ2v) is 4.73. The van der Waals surface area contributed by atoms with Crippen molar-refractivity contribution >= 4 is 11.8 Å². The molecular weight excluding hydrogens is 300 g/mol. The van der Waals surface area contributed by atoms with E-state index in [2.05, 4.69) is 0 Å². The smallest absolute Gasteiger partial charge is 0.327 e. The Bertz CT molecular complexity index is 621. The van der Waals surface area contributed by atoms with Gasteiger partial charge in [0.1, 0.15) is 0 Å². The summed E-state index contributed by atoms with van der Waals surface area (Å²) in [5, 5.41) is 8.40. The van der Waals surface area contributed by atoms with Gasteiger partial charge in [0.05, 0.1) is 0 Å². The zero-order valence-electron chi connectivity index (χ0n) is 14.1. The Morgan fingerprint density at radius 2 is 1.17 bits per heavy atom. The number of carbonyl (C=O) groups is 2. The van der Waals surface area contributed by atoms with Gasteiger partial charge in [0.25, 0.3) is 0 Å². The van der Waals surface area contributed by atoms with Crippen molar-refractivity contribution in [2.75, 3.05) is 0 Å². The minimum atomic E-state index is -0.930. The zero-order valence-corrected chi connectivity index (χ0v) is 14.1. The number of ketones is 1. The van der Waals surface area contributed by atoms with Gasteiger partial charge in [0, 0.05) is 6.08 Å². The molecule has 24 heavy (non-hydrogen) atoms. The summed E-state index contributed by atoms with van der Waals surface area (Å²) in [5.41, 5.74) is 0.733. The first-order valence-electron chi connectivity index (χ1n) is 7.61. The lowest BCUT2D eigenvalue weighted by Gasteiger charge is -1.87. The van der Waals surface area contributed by atoms with Gasteiger partial charge in [-0.2, -0.15) is 0 Å². The van der Waals surface area contributed by atoms with E-state index in [1.54, 1.807) is 26.0 Å². The Morgan fingerprint density at radius 3 is 1.62 bits per heavy atom. The average Bonchev–Trinajstić information content (AvgIpc) is 2.53. The summed E-state index contributed by atoms with van der Waals surface area (Å²) >= 11 is 0. The predicted molar refractivity (Wildman–Crippen MR) is 101 cm³/mol. The largest absolute Gasteiger partial charge is 0.478 e. The van der Waals surface area contributed by atoms with Crippen molar-refractivity contribution in [3.63, 3.8) is 0 Å². The van der Waals surface area contributed by atoms with Crippen molar-refractivity contribution in [2.24, 2.45) is 0 Å². The number of allylic oxidation sites excluding steroid dienone is 15. The van der Waals surface area contributed by atoms with E-state index in [0.29, 0.717) is 6.42 Å². The molecule has 1 N–H and O–H groups in total. The number of carboxylic acid groups (broad SMARTS) is 1. The van der Waals surface area contributed by atoms with Crippen LogP contribution in [0.15, 0.2) is 96.7 Å². The second kappa shape index (κ2) is 15.0. The Morgan fingerprint density at radius 1 is 0.708 bits per heavy atom. The Kier molecular flexibility index (Phi) is 13.1. The third-order valence-electron chi connectivity index (χ3n) is 2.68. The van der Waals surface area contributed by atoms with Gasteiger partial charge in [-0.15, -0.1) is 0 Å². The molecule has 0 radical (unpaired) electrons. The number of rotatable bonds is 10. The monoisotopic (exact) mass is 324 g/mol. The molecule has 126 valence electrons. The predicted octanol–water partition coefficient (Wildman–Crippen LogP) is 4.89. The summed E-state index contributed by atoms with van der Waals surface area (Å²) < 4.78 is 0. The molecule has 0 aromatic carbocycles. The van der Waals surface area contributed by atoms with Crippen LogP contribution in [-0.2, 0) is 9.59 Å². The molecule has 0 saturated heterocycles. The number of carbonyl (C=O) groups excluding carboxylic acids is 1. The fourth-order valence-corrected chi connectivity index (χ4v) is 1.30. The van der Waals surface area contributed by atoms with E-state index in [-0.39, 0.29) is 5.78 Å². The second-order valence-electron chi connectivity index (χ2n) is 4.73. The molecule has 0 heterocycles. The van der Waals surface area contributed by atoms with E-state index >= 15 is 0 Å². The normalized spacial score (nSPS) is 14.0. The lowest BCUT2D eigenvalue weighted by atomic mass is 10.2. The molecule has 0 atom stereocenters. The quantitative estimate of drug-likeness (QED) is 0.460. The molecule has 0 aromatic rings. The van der Waals surface area contributed by atoms with Crippen LogP contribution < -0.4 is 0 Å². The van der Waals surface area contributed by atoms with E-state index in [0.717, 1.165) is 11.6 Å². The number of hydrogen-bond acceptors (Lipinski definition) is 2. The van der Waals surface area contributed by atoms with Crippen LogP contribution in [0.25, 0.3) is 0 Å². The Balaban J connectivity index is 3.98. The van der Waals surface area contributed by atoms with Crippen LogP contribution in [0.5, 0.6) is 0 Å². The van der Waals surface area contributed by atoms with Crippen LogP contribution in [0.3, 0.4) is 0 Å². The van der Waals surface area contributed by atoms with Gasteiger partial charge in [-0.1, -0.05) is 85.1 Å². The molecule has 0 saturated carbocycles. The lowest BCUT2D eigenvalue weighted by molar-refractivity contribution is -0.131.